The number of hydrogen-bond donors (Lipinski definition) is 9. The van der Waals surface area contributed by atoms with Gasteiger partial charge in [0, 0.05) is 60.6 Å². The summed E-state index contributed by atoms with van der Waals surface area (Å²) >= 11 is 4.27. The first kappa shape index (κ1) is 42.6. The quantitative estimate of drug-likeness (QED) is 0.0322. The van der Waals surface area contributed by atoms with Crippen LogP contribution in [-0.2, 0) is 48.0 Å². The Morgan fingerprint density at radius 3 is 2.25 bits per heavy atom. The molecule has 0 spiro atoms. The first-order valence-corrected chi connectivity index (χ1v) is 19.8. The maximum absolute atomic E-state index is 14.4. The molecule has 4 aromatic rings. The molecule has 0 radical (unpaired) electrons. The van der Waals surface area contributed by atoms with E-state index in [4.69, 9.17) is 11.5 Å². The third kappa shape index (κ3) is 11.8. The van der Waals surface area contributed by atoms with Crippen LogP contribution in [0.4, 0.5) is 0 Å². The number of para-hydroxylation sites is 1. The van der Waals surface area contributed by atoms with Crippen LogP contribution in [0.15, 0.2) is 73.3 Å². The molecule has 0 unspecified atom stereocenters. The Balaban J connectivity index is 1.35. The lowest BCUT2D eigenvalue weighted by atomic mass is 10.0. The Bertz CT molecular complexity index is 1960. The molecule has 1 fully saturated rings. The minimum Gasteiger partial charge on any atom is -0.361 e. The summed E-state index contributed by atoms with van der Waals surface area (Å²) in [7, 11) is 0. The largest absolute Gasteiger partial charge is 0.361 e. The summed E-state index contributed by atoms with van der Waals surface area (Å²) in [6.07, 6.45) is 8.34. The van der Waals surface area contributed by atoms with Gasteiger partial charge >= 0.3 is 0 Å². The normalized spacial score (nSPS) is 16.5. The first-order valence-electron chi connectivity index (χ1n) is 19.2. The van der Waals surface area contributed by atoms with E-state index in [1.54, 1.807) is 12.4 Å². The van der Waals surface area contributed by atoms with Crippen LogP contribution in [0.25, 0.3) is 10.9 Å². The Labute approximate surface area is 336 Å². The number of nitrogens with one attached hydrogen (secondary N) is 6. The number of carbonyl (C=O) groups excluding carboxylic acids is 6. The number of amides is 5. The number of carbonyl (C=O) groups is 6. The highest BCUT2D eigenvalue weighted by Crippen LogP contribution is 2.22. The van der Waals surface area contributed by atoms with Crippen molar-refractivity contribution in [1.82, 2.24) is 41.1 Å². The molecule has 5 rings (SSSR count). The number of aldehydes is 1. The van der Waals surface area contributed by atoms with Crippen LogP contribution in [0, 0.1) is 0 Å². The second-order valence-electron chi connectivity index (χ2n) is 14.2. The van der Waals surface area contributed by atoms with Crippen LogP contribution in [-0.4, -0.2) is 111 Å². The highest BCUT2D eigenvalue weighted by atomic mass is 32.1. The summed E-state index contributed by atoms with van der Waals surface area (Å²) in [5, 5.41) is 12.0. The van der Waals surface area contributed by atoms with Crippen molar-refractivity contribution in [3.05, 3.63) is 90.1 Å². The van der Waals surface area contributed by atoms with Crippen LogP contribution in [0.3, 0.4) is 0 Å². The van der Waals surface area contributed by atoms with Crippen LogP contribution in [0.2, 0.25) is 0 Å². The lowest BCUT2D eigenvalue weighted by Crippen LogP contribution is -2.60. The molecular weight excluding hydrogens is 749 g/mol. The van der Waals surface area contributed by atoms with Crippen molar-refractivity contribution in [3.8, 4) is 0 Å². The van der Waals surface area contributed by atoms with Crippen molar-refractivity contribution in [2.24, 2.45) is 11.5 Å². The molecule has 16 nitrogen and oxygen atoms in total. The van der Waals surface area contributed by atoms with E-state index in [9.17, 15) is 28.8 Å². The van der Waals surface area contributed by atoms with E-state index in [0.717, 1.165) is 28.3 Å². The lowest BCUT2D eigenvalue weighted by Gasteiger charge is -2.29. The number of nitrogens with zero attached hydrogens (tertiary/aromatic N) is 2. The van der Waals surface area contributed by atoms with Gasteiger partial charge in [0.25, 0.3) is 0 Å². The van der Waals surface area contributed by atoms with E-state index in [2.05, 4.69) is 48.8 Å². The predicted molar refractivity (Wildman–Crippen MR) is 218 cm³/mol. The molecule has 2 aromatic heterocycles. The third-order valence-corrected chi connectivity index (χ3v) is 10.5. The summed E-state index contributed by atoms with van der Waals surface area (Å²) < 4.78 is 0. The molecule has 1 saturated heterocycles. The number of unbranched alkanes of at least 4 members (excludes halogenated alkanes) is 1. The topological polar surface area (TPSA) is 250 Å². The molecule has 17 heteroatoms. The van der Waals surface area contributed by atoms with Crippen molar-refractivity contribution in [1.29, 1.82) is 0 Å². The molecule has 2 aromatic carbocycles. The molecule has 6 atom stereocenters. The molecule has 0 saturated carbocycles. The zero-order chi connectivity index (χ0) is 40.7. The first-order chi connectivity index (χ1) is 27.6. The number of imidazole rings is 1. The monoisotopic (exact) mass is 800 g/mol. The molecule has 5 amide bonds. The SMILES string of the molecule is NCCCC[C@H](NC(=O)[C@H](CS)NC(=O)[C@@H](N)Cc1cnc[nH]1)C(=O)N[C@@H](Cc1ccccc1)C(=O)N[C@@H](Cc1c[nH]c2ccccc12)C(=O)N1CCC[C@H]1C=O. The fourth-order valence-electron chi connectivity index (χ4n) is 6.96. The van der Waals surface area contributed by atoms with Gasteiger partial charge in [-0.2, -0.15) is 12.6 Å². The number of hydrogen-bond acceptors (Lipinski definition) is 10. The summed E-state index contributed by atoms with van der Waals surface area (Å²) in [5.41, 5.74) is 14.9. The minimum absolute atomic E-state index is 0.0695. The molecule has 0 bridgehead atoms. The van der Waals surface area contributed by atoms with Crippen molar-refractivity contribution in [3.63, 3.8) is 0 Å². The standard InChI is InChI=1S/C40H52N10O6S/c41-15-7-6-14-32(46-39(55)35(23-57)49-36(52)30(42)19-27-21-43-24-45-27)37(53)47-33(17-25-9-2-1-3-10-25)38(54)48-34(40(56)50-16-8-11-28(50)22-51)18-26-20-44-31-13-5-4-12-29(26)31/h1-5,9-10,12-13,20-22,24,28,30,32-35,44,57H,6-8,11,14-19,23,41-42H2,(H,43,45)(H,46,55)(H,47,53)(H,48,54)(H,49,52)/t28-,30-,32-,33-,34-,35-/m0/s1. The van der Waals surface area contributed by atoms with Gasteiger partial charge in [-0.1, -0.05) is 48.5 Å². The van der Waals surface area contributed by atoms with E-state index < -0.39 is 65.8 Å². The number of rotatable bonds is 21. The third-order valence-electron chi connectivity index (χ3n) is 10.1. The van der Waals surface area contributed by atoms with Gasteiger partial charge in [-0.15, -0.1) is 0 Å². The van der Waals surface area contributed by atoms with E-state index in [0.29, 0.717) is 44.5 Å². The molecule has 3 heterocycles. The number of aromatic amines is 2. The summed E-state index contributed by atoms with van der Waals surface area (Å²) in [6.45, 7) is 0.736. The van der Waals surface area contributed by atoms with Crippen LogP contribution < -0.4 is 32.7 Å². The van der Waals surface area contributed by atoms with Crippen molar-refractivity contribution in [2.45, 2.75) is 87.6 Å². The summed E-state index contributed by atoms with van der Waals surface area (Å²) in [4.78, 5) is 92.5. The molecule has 304 valence electrons. The maximum Gasteiger partial charge on any atom is 0.246 e. The number of likely N-dealkylation sites (tertiary alicyclic amines) is 1. The van der Waals surface area contributed by atoms with E-state index in [1.165, 1.54) is 11.2 Å². The average molecular weight is 801 g/mol. The van der Waals surface area contributed by atoms with Gasteiger partial charge in [-0.3, -0.25) is 24.0 Å². The Morgan fingerprint density at radius 2 is 1.53 bits per heavy atom. The molecular formula is C40H52N10O6S. The summed E-state index contributed by atoms with van der Waals surface area (Å²) in [5.74, 6) is -3.00. The van der Waals surface area contributed by atoms with Gasteiger partial charge in [0.15, 0.2) is 0 Å². The zero-order valence-electron chi connectivity index (χ0n) is 31.7. The van der Waals surface area contributed by atoms with Crippen molar-refractivity contribution < 1.29 is 28.8 Å². The van der Waals surface area contributed by atoms with Crippen molar-refractivity contribution >= 4 is 59.4 Å². The van der Waals surface area contributed by atoms with Gasteiger partial charge < -0.3 is 52.4 Å². The zero-order valence-corrected chi connectivity index (χ0v) is 32.6. The molecule has 1 aliphatic rings. The maximum atomic E-state index is 14.4. The lowest BCUT2D eigenvalue weighted by molar-refractivity contribution is -0.139. The van der Waals surface area contributed by atoms with Gasteiger partial charge in [-0.25, -0.2) is 4.98 Å². The molecule has 1 aliphatic heterocycles. The smallest absolute Gasteiger partial charge is 0.246 e. The fraction of sp³-hybridized carbons (Fsp3) is 0.425. The predicted octanol–water partition coefficient (Wildman–Crippen LogP) is 0.434. The highest BCUT2D eigenvalue weighted by molar-refractivity contribution is 7.80. The van der Waals surface area contributed by atoms with Crippen LogP contribution in [0.5, 0.6) is 0 Å². The Morgan fingerprint density at radius 1 is 0.842 bits per heavy atom. The number of nitrogens with two attached hydrogens (primary N) is 2. The fourth-order valence-corrected chi connectivity index (χ4v) is 7.22. The van der Waals surface area contributed by atoms with Gasteiger partial charge in [0.1, 0.15) is 30.5 Å². The van der Waals surface area contributed by atoms with E-state index in [-0.39, 0.29) is 31.4 Å². The summed E-state index contributed by atoms with van der Waals surface area (Å²) in [6, 6.07) is 10.6. The molecule has 57 heavy (non-hydrogen) atoms. The second kappa shape index (κ2) is 21.1. The Kier molecular flexibility index (Phi) is 15.8. The average Bonchev–Trinajstić information content (AvgIpc) is 4.01. The number of aromatic nitrogens is 3. The van der Waals surface area contributed by atoms with Crippen molar-refractivity contribution in [2.75, 3.05) is 18.8 Å². The number of thiol groups is 1. The van der Waals surface area contributed by atoms with E-state index >= 15 is 0 Å². The van der Waals surface area contributed by atoms with Gasteiger partial charge in [0.05, 0.1) is 18.4 Å². The number of benzene rings is 2. The van der Waals surface area contributed by atoms with E-state index in [1.807, 2.05) is 54.6 Å². The minimum atomic E-state index is -1.17. The highest BCUT2D eigenvalue weighted by Gasteiger charge is 2.36. The number of fused-ring (bicyclic) bond motifs is 1. The van der Waals surface area contributed by atoms with Crippen LogP contribution >= 0.6 is 12.6 Å². The Hall–Kier alpha value is -5.52. The van der Waals surface area contributed by atoms with Gasteiger partial charge in [0.2, 0.25) is 29.5 Å². The van der Waals surface area contributed by atoms with Crippen LogP contribution in [0.1, 0.15) is 48.9 Å². The van der Waals surface area contributed by atoms with Gasteiger partial charge in [-0.05, 0) is 55.8 Å². The second-order valence-corrected chi connectivity index (χ2v) is 14.6. The molecule has 0 aliphatic carbocycles. The molecule has 10 N–H and O–H groups in total. The number of H-pyrrole nitrogens is 2.